The van der Waals surface area contributed by atoms with Gasteiger partial charge in [-0.1, -0.05) is 127 Å². The van der Waals surface area contributed by atoms with Crippen LogP contribution in [0, 0.1) is 0 Å². The van der Waals surface area contributed by atoms with Crippen molar-refractivity contribution in [2.24, 2.45) is 0 Å². The van der Waals surface area contributed by atoms with Crippen LogP contribution in [0.15, 0.2) is 48.6 Å². The van der Waals surface area contributed by atoms with Gasteiger partial charge in [0.05, 0.1) is 19.8 Å². The van der Waals surface area contributed by atoms with E-state index in [9.17, 15) is 14.4 Å². The van der Waals surface area contributed by atoms with E-state index < -0.39 is 6.09 Å². The number of carbonyl (C=O) groups is 3. The first-order valence-electron chi connectivity index (χ1n) is 22.5. The zero-order valence-electron chi connectivity index (χ0n) is 35.8. The van der Waals surface area contributed by atoms with Gasteiger partial charge in [0.2, 0.25) is 0 Å². The predicted octanol–water partition coefficient (Wildman–Crippen LogP) is 12.6. The Hall–Kier alpha value is -2.87. The van der Waals surface area contributed by atoms with Crippen molar-refractivity contribution in [1.29, 1.82) is 0 Å². The summed E-state index contributed by atoms with van der Waals surface area (Å²) in [7, 11) is 1.86. The van der Waals surface area contributed by atoms with Crippen molar-refractivity contribution in [2.75, 3.05) is 33.4 Å². The van der Waals surface area contributed by atoms with Crippen LogP contribution in [0.4, 0.5) is 4.79 Å². The molecule has 0 aliphatic heterocycles. The number of carbonyl (C=O) groups excluding carboxylic acids is 3. The molecule has 0 heterocycles. The molecule has 0 bridgehead atoms. The lowest BCUT2D eigenvalue weighted by molar-refractivity contribution is -0.145. The Morgan fingerprint density at radius 2 is 0.909 bits per heavy atom. The van der Waals surface area contributed by atoms with Crippen LogP contribution in [0.25, 0.3) is 0 Å². The fourth-order valence-electron chi connectivity index (χ4n) is 6.05. The number of nitrogens with one attached hydrogen (secondary N) is 2. The van der Waals surface area contributed by atoms with E-state index in [1.165, 1.54) is 77.0 Å². The number of allylic oxidation sites excluding steroid dienone is 8. The summed E-state index contributed by atoms with van der Waals surface area (Å²) < 4.78 is 16.3. The first kappa shape index (κ1) is 52.1. The van der Waals surface area contributed by atoms with Gasteiger partial charge in [0.1, 0.15) is 0 Å². The molecule has 0 spiro atoms. The van der Waals surface area contributed by atoms with Crippen LogP contribution in [-0.4, -0.2) is 57.5 Å². The predicted molar refractivity (Wildman–Crippen MR) is 231 cm³/mol. The molecule has 1 amide bonds. The molecule has 0 saturated carbocycles. The number of rotatable bonds is 40. The van der Waals surface area contributed by atoms with Crippen LogP contribution in [0.1, 0.15) is 194 Å². The second-order valence-electron chi connectivity index (χ2n) is 14.8. The Labute approximate surface area is 338 Å². The Balaban J connectivity index is 4.12. The molecule has 8 nitrogen and oxygen atoms in total. The molecule has 0 aromatic heterocycles. The lowest BCUT2D eigenvalue weighted by Crippen LogP contribution is -2.37. The quantitative estimate of drug-likeness (QED) is 0.0277. The van der Waals surface area contributed by atoms with E-state index >= 15 is 0 Å². The summed E-state index contributed by atoms with van der Waals surface area (Å²) in [6, 6.07) is -0.235. The lowest BCUT2D eigenvalue weighted by Gasteiger charge is -2.19. The molecule has 1 atom stereocenters. The van der Waals surface area contributed by atoms with Crippen molar-refractivity contribution >= 4 is 18.0 Å². The highest BCUT2D eigenvalue weighted by Gasteiger charge is 2.15. The van der Waals surface area contributed by atoms with Gasteiger partial charge >= 0.3 is 18.0 Å². The highest BCUT2D eigenvalue weighted by Crippen LogP contribution is 2.12. The molecule has 1 unspecified atom stereocenters. The number of unbranched alkanes of at least 4 members (excludes halogenated alkanes) is 16. The molecule has 0 saturated heterocycles. The number of esters is 2. The smallest absolute Gasteiger partial charge is 0.407 e. The van der Waals surface area contributed by atoms with Crippen LogP contribution in [0.5, 0.6) is 0 Å². The number of alkyl carbamates (subject to hydrolysis) is 1. The Bertz CT molecular complexity index is 992. The van der Waals surface area contributed by atoms with Gasteiger partial charge < -0.3 is 24.8 Å². The fraction of sp³-hybridized carbons (Fsp3) is 0.766. The van der Waals surface area contributed by atoms with Crippen molar-refractivity contribution in [3.8, 4) is 0 Å². The summed E-state index contributed by atoms with van der Waals surface area (Å²) in [5, 5.41) is 5.95. The van der Waals surface area contributed by atoms with E-state index in [2.05, 4.69) is 73.1 Å². The number of hydrogen-bond donors (Lipinski definition) is 2. The van der Waals surface area contributed by atoms with E-state index in [4.69, 9.17) is 14.2 Å². The van der Waals surface area contributed by atoms with Gasteiger partial charge in [0.25, 0.3) is 0 Å². The third kappa shape index (κ3) is 42.1. The van der Waals surface area contributed by atoms with Crippen LogP contribution in [0.2, 0.25) is 0 Å². The minimum Gasteiger partial charge on any atom is -0.466 e. The highest BCUT2D eigenvalue weighted by atomic mass is 16.5. The van der Waals surface area contributed by atoms with E-state index in [0.717, 1.165) is 77.2 Å². The molecule has 0 rings (SSSR count). The normalized spacial score (nSPS) is 12.3. The van der Waals surface area contributed by atoms with Crippen LogP contribution >= 0.6 is 0 Å². The average molecular weight is 773 g/mol. The zero-order valence-corrected chi connectivity index (χ0v) is 35.8. The van der Waals surface area contributed by atoms with Crippen molar-refractivity contribution in [3.05, 3.63) is 48.6 Å². The second-order valence-corrected chi connectivity index (χ2v) is 14.8. The first-order chi connectivity index (χ1) is 27.0. The largest absolute Gasteiger partial charge is 0.466 e. The van der Waals surface area contributed by atoms with E-state index in [0.29, 0.717) is 45.3 Å². The minimum absolute atomic E-state index is 0.165. The van der Waals surface area contributed by atoms with Crippen molar-refractivity contribution in [2.45, 2.75) is 200 Å². The van der Waals surface area contributed by atoms with Crippen LogP contribution < -0.4 is 10.6 Å². The first-order valence-corrected chi connectivity index (χ1v) is 22.5. The Morgan fingerprint density at radius 3 is 1.40 bits per heavy atom. The molecule has 0 fully saturated rings. The molecular weight excluding hydrogens is 689 g/mol. The molecule has 0 aliphatic rings. The van der Waals surface area contributed by atoms with Crippen LogP contribution in [0.3, 0.4) is 0 Å². The topological polar surface area (TPSA) is 103 Å². The molecule has 0 radical (unpaired) electrons. The number of amides is 1. The highest BCUT2D eigenvalue weighted by molar-refractivity contribution is 5.69. The molecule has 2 N–H and O–H groups in total. The maximum atomic E-state index is 12.4. The summed E-state index contributed by atoms with van der Waals surface area (Å²) in [4.78, 5) is 37.0. The third-order valence-corrected chi connectivity index (χ3v) is 9.48. The van der Waals surface area contributed by atoms with Gasteiger partial charge in [-0.05, 0) is 110 Å². The number of ether oxygens (including phenoxy) is 3. The molecule has 0 aliphatic carbocycles. The molecule has 55 heavy (non-hydrogen) atoms. The van der Waals surface area contributed by atoms with Gasteiger partial charge in [0.15, 0.2) is 0 Å². The standard InChI is InChI=1S/C47H84N2O6/c1-4-6-8-10-12-14-16-18-20-22-24-26-28-30-32-37-45(50)53-41-34-36-44(49-47(52)55-42-35-40-48-3)39-43-54-46(51)38-33-31-29-27-25-23-21-19-17-15-13-11-9-7-5-2/h12-15,18-21,44,48H,4-11,16-17,22-43H2,1-3H3,(H,49,52)/b14-12-,15-13-,20-18-,21-19-. The third-order valence-electron chi connectivity index (χ3n) is 9.48. The monoisotopic (exact) mass is 773 g/mol. The fourth-order valence-corrected chi connectivity index (χ4v) is 6.05. The van der Waals surface area contributed by atoms with Crippen molar-refractivity contribution in [3.63, 3.8) is 0 Å². The molecular formula is C47H84N2O6. The average Bonchev–Trinajstić information content (AvgIpc) is 3.18. The van der Waals surface area contributed by atoms with Gasteiger partial charge in [0, 0.05) is 25.3 Å². The Kier molecular flexibility index (Phi) is 41.6. The number of hydrogen-bond acceptors (Lipinski definition) is 7. The summed E-state index contributed by atoms with van der Waals surface area (Å²) >= 11 is 0. The van der Waals surface area contributed by atoms with Crippen molar-refractivity contribution < 1.29 is 28.6 Å². The van der Waals surface area contributed by atoms with Gasteiger partial charge in [-0.2, -0.15) is 0 Å². The summed E-state index contributed by atoms with van der Waals surface area (Å²) in [5.41, 5.74) is 0. The van der Waals surface area contributed by atoms with E-state index in [1.807, 2.05) is 7.05 Å². The molecule has 8 heteroatoms. The molecule has 318 valence electrons. The summed E-state index contributed by atoms with van der Waals surface area (Å²) in [6.07, 6.45) is 46.2. The molecule has 0 aromatic rings. The lowest BCUT2D eigenvalue weighted by atomic mass is 10.1. The minimum atomic E-state index is -0.476. The van der Waals surface area contributed by atoms with Gasteiger partial charge in [-0.15, -0.1) is 0 Å². The van der Waals surface area contributed by atoms with Crippen molar-refractivity contribution in [1.82, 2.24) is 10.6 Å². The SMILES string of the molecule is CCCCC/C=C\C/C=C\CCCCCCCC(=O)OCCCC(CCOC(=O)CCCCCCC/C=C\C/C=C\CCCCC)NC(=O)OCCCNC. The zero-order chi connectivity index (χ0) is 40.1. The summed E-state index contributed by atoms with van der Waals surface area (Å²) in [6.45, 7) is 6.10. The maximum Gasteiger partial charge on any atom is 0.407 e. The Morgan fingerprint density at radius 1 is 0.473 bits per heavy atom. The van der Waals surface area contributed by atoms with E-state index in [1.54, 1.807) is 0 Å². The van der Waals surface area contributed by atoms with Gasteiger partial charge in [-0.25, -0.2) is 4.79 Å². The van der Waals surface area contributed by atoms with Crippen LogP contribution in [-0.2, 0) is 23.8 Å². The van der Waals surface area contributed by atoms with Gasteiger partial charge in [-0.3, -0.25) is 9.59 Å². The van der Waals surface area contributed by atoms with E-state index in [-0.39, 0.29) is 24.6 Å². The summed E-state index contributed by atoms with van der Waals surface area (Å²) in [5.74, 6) is -0.359. The maximum absolute atomic E-state index is 12.4. The molecule has 0 aromatic carbocycles. The second kappa shape index (κ2) is 43.9.